The normalized spacial score (nSPS) is 12.2. The first-order valence-electron chi connectivity index (χ1n) is 5.89. The number of hydrogen-bond donors (Lipinski definition) is 1. The van der Waals surface area contributed by atoms with Crippen molar-refractivity contribution in [1.29, 1.82) is 0 Å². The van der Waals surface area contributed by atoms with Crippen molar-refractivity contribution in [2.24, 2.45) is 0 Å². The van der Waals surface area contributed by atoms with E-state index in [4.69, 9.17) is 9.47 Å². The number of methoxy groups -OCH3 is 2. The highest BCUT2D eigenvalue weighted by Crippen LogP contribution is 2.28. The SMILES string of the molecule is CNC(C)c1nnnn1-c1ccc(OC)cc1OC. The van der Waals surface area contributed by atoms with Gasteiger partial charge in [-0.3, -0.25) is 0 Å². The Hall–Kier alpha value is -2.15. The summed E-state index contributed by atoms with van der Waals surface area (Å²) in [5.41, 5.74) is 0.769. The molecule has 2 rings (SSSR count). The fourth-order valence-corrected chi connectivity index (χ4v) is 1.72. The van der Waals surface area contributed by atoms with Gasteiger partial charge >= 0.3 is 0 Å². The van der Waals surface area contributed by atoms with Crippen LogP contribution in [0.3, 0.4) is 0 Å². The van der Waals surface area contributed by atoms with Gasteiger partial charge in [0.15, 0.2) is 5.82 Å². The summed E-state index contributed by atoms with van der Waals surface area (Å²) in [7, 11) is 5.07. The summed E-state index contributed by atoms with van der Waals surface area (Å²) in [5, 5.41) is 14.9. The zero-order valence-electron chi connectivity index (χ0n) is 11.4. The van der Waals surface area contributed by atoms with Crippen LogP contribution in [0.2, 0.25) is 0 Å². The van der Waals surface area contributed by atoms with E-state index in [2.05, 4.69) is 20.8 Å². The van der Waals surface area contributed by atoms with Gasteiger partial charge in [0.2, 0.25) is 0 Å². The van der Waals surface area contributed by atoms with E-state index >= 15 is 0 Å². The van der Waals surface area contributed by atoms with Crippen LogP contribution in [0.15, 0.2) is 18.2 Å². The third kappa shape index (κ3) is 2.50. The minimum atomic E-state index is 0.0295. The van der Waals surface area contributed by atoms with E-state index in [-0.39, 0.29) is 6.04 Å². The number of tetrazole rings is 1. The number of hydrogen-bond acceptors (Lipinski definition) is 6. The Labute approximate surface area is 111 Å². The number of benzene rings is 1. The van der Waals surface area contributed by atoms with Gasteiger partial charge in [-0.1, -0.05) is 0 Å². The molecule has 0 saturated carbocycles. The Bertz CT molecular complexity index is 555. The highest BCUT2D eigenvalue weighted by Gasteiger charge is 2.17. The first-order chi connectivity index (χ1) is 9.21. The van der Waals surface area contributed by atoms with Crippen LogP contribution in [0.1, 0.15) is 18.8 Å². The first kappa shape index (κ1) is 13.3. The molecule has 1 aromatic heterocycles. The number of ether oxygens (including phenoxy) is 2. The molecule has 0 spiro atoms. The number of rotatable bonds is 5. The van der Waals surface area contributed by atoms with Crippen LogP contribution in [-0.4, -0.2) is 41.5 Å². The lowest BCUT2D eigenvalue weighted by Gasteiger charge is -2.13. The molecule has 0 fully saturated rings. The Kier molecular flexibility index (Phi) is 3.96. The van der Waals surface area contributed by atoms with E-state index in [1.54, 1.807) is 25.0 Å². The summed E-state index contributed by atoms with van der Waals surface area (Å²) in [6, 6.07) is 5.53. The summed E-state index contributed by atoms with van der Waals surface area (Å²) >= 11 is 0. The summed E-state index contributed by atoms with van der Waals surface area (Å²) in [5.74, 6) is 2.08. The van der Waals surface area contributed by atoms with Crippen LogP contribution in [0.5, 0.6) is 11.5 Å². The monoisotopic (exact) mass is 263 g/mol. The maximum Gasteiger partial charge on any atom is 0.173 e. The molecule has 7 nitrogen and oxygen atoms in total. The van der Waals surface area contributed by atoms with Crippen LogP contribution in [0, 0.1) is 0 Å². The lowest BCUT2D eigenvalue weighted by Crippen LogP contribution is -2.18. The number of aromatic nitrogens is 4. The standard InChI is InChI=1S/C12H17N5O2/c1-8(13-2)12-14-15-16-17(12)10-6-5-9(18-3)7-11(10)19-4/h5-8,13H,1-4H3. The fraction of sp³-hybridized carbons (Fsp3) is 0.417. The molecule has 19 heavy (non-hydrogen) atoms. The summed E-state index contributed by atoms with van der Waals surface area (Å²) in [6.45, 7) is 1.98. The molecular formula is C12H17N5O2. The van der Waals surface area contributed by atoms with Gasteiger partial charge in [-0.2, -0.15) is 4.68 Å². The van der Waals surface area contributed by atoms with E-state index in [0.29, 0.717) is 11.6 Å². The summed E-state index contributed by atoms with van der Waals surface area (Å²) < 4.78 is 12.2. The molecule has 0 radical (unpaired) electrons. The molecule has 1 N–H and O–H groups in total. The topological polar surface area (TPSA) is 74.1 Å². The zero-order valence-corrected chi connectivity index (χ0v) is 11.4. The molecule has 0 aliphatic rings. The maximum absolute atomic E-state index is 5.36. The average Bonchev–Trinajstić information content (AvgIpc) is 2.94. The second-order valence-corrected chi connectivity index (χ2v) is 4.00. The predicted octanol–water partition coefficient (Wildman–Crippen LogP) is 0.960. The van der Waals surface area contributed by atoms with Crippen LogP contribution in [0.25, 0.3) is 5.69 Å². The van der Waals surface area contributed by atoms with Crippen LogP contribution in [-0.2, 0) is 0 Å². The van der Waals surface area contributed by atoms with Crippen LogP contribution < -0.4 is 14.8 Å². The molecule has 1 heterocycles. The van der Waals surface area contributed by atoms with Crippen molar-refractivity contribution in [3.05, 3.63) is 24.0 Å². The van der Waals surface area contributed by atoms with Gasteiger partial charge in [-0.05, 0) is 36.5 Å². The first-order valence-corrected chi connectivity index (χ1v) is 5.89. The Morgan fingerprint density at radius 2 is 2.05 bits per heavy atom. The van der Waals surface area contributed by atoms with E-state index in [1.807, 2.05) is 26.1 Å². The van der Waals surface area contributed by atoms with E-state index in [9.17, 15) is 0 Å². The lowest BCUT2D eigenvalue weighted by atomic mass is 10.2. The van der Waals surface area contributed by atoms with Gasteiger partial charge < -0.3 is 14.8 Å². The van der Waals surface area contributed by atoms with Gasteiger partial charge in [0.25, 0.3) is 0 Å². The van der Waals surface area contributed by atoms with Crippen LogP contribution in [0.4, 0.5) is 0 Å². The van der Waals surface area contributed by atoms with E-state index in [0.717, 1.165) is 11.4 Å². The minimum Gasteiger partial charge on any atom is -0.497 e. The van der Waals surface area contributed by atoms with Gasteiger partial charge in [0.05, 0.1) is 20.3 Å². The van der Waals surface area contributed by atoms with Crippen molar-refractivity contribution in [3.63, 3.8) is 0 Å². The second-order valence-electron chi connectivity index (χ2n) is 4.00. The molecule has 2 aromatic rings. The molecule has 0 saturated heterocycles. The highest BCUT2D eigenvalue weighted by molar-refractivity contribution is 5.50. The summed E-state index contributed by atoms with van der Waals surface area (Å²) in [4.78, 5) is 0. The van der Waals surface area contributed by atoms with Crippen LogP contribution >= 0.6 is 0 Å². The molecule has 1 atom stereocenters. The molecule has 0 bridgehead atoms. The van der Waals surface area contributed by atoms with Crippen molar-refractivity contribution >= 4 is 0 Å². The molecular weight excluding hydrogens is 246 g/mol. The quantitative estimate of drug-likeness (QED) is 0.866. The minimum absolute atomic E-state index is 0.0295. The van der Waals surface area contributed by atoms with Crippen molar-refractivity contribution in [3.8, 4) is 17.2 Å². The fourth-order valence-electron chi connectivity index (χ4n) is 1.72. The van der Waals surface area contributed by atoms with Crippen molar-refractivity contribution in [2.45, 2.75) is 13.0 Å². The Balaban J connectivity index is 2.50. The molecule has 7 heteroatoms. The smallest absolute Gasteiger partial charge is 0.173 e. The average molecular weight is 263 g/mol. The zero-order chi connectivity index (χ0) is 13.8. The molecule has 0 aliphatic heterocycles. The molecule has 0 amide bonds. The number of nitrogens with zero attached hydrogens (tertiary/aromatic N) is 4. The largest absolute Gasteiger partial charge is 0.497 e. The predicted molar refractivity (Wildman–Crippen MR) is 69.7 cm³/mol. The Morgan fingerprint density at radius 3 is 2.68 bits per heavy atom. The third-order valence-corrected chi connectivity index (χ3v) is 2.93. The van der Waals surface area contributed by atoms with Gasteiger partial charge in [0, 0.05) is 6.07 Å². The second kappa shape index (κ2) is 5.66. The van der Waals surface area contributed by atoms with Gasteiger partial charge in [-0.15, -0.1) is 5.10 Å². The molecule has 1 aromatic carbocycles. The lowest BCUT2D eigenvalue weighted by molar-refractivity contribution is 0.391. The number of nitrogens with one attached hydrogen (secondary N) is 1. The van der Waals surface area contributed by atoms with Gasteiger partial charge in [-0.25, -0.2) is 0 Å². The molecule has 102 valence electrons. The Morgan fingerprint density at radius 1 is 1.26 bits per heavy atom. The highest BCUT2D eigenvalue weighted by atomic mass is 16.5. The third-order valence-electron chi connectivity index (χ3n) is 2.93. The van der Waals surface area contributed by atoms with Crippen molar-refractivity contribution in [1.82, 2.24) is 25.5 Å². The van der Waals surface area contributed by atoms with E-state index in [1.165, 1.54) is 0 Å². The van der Waals surface area contributed by atoms with Crippen molar-refractivity contribution < 1.29 is 9.47 Å². The van der Waals surface area contributed by atoms with Crippen molar-refractivity contribution in [2.75, 3.05) is 21.3 Å². The molecule has 0 aliphatic carbocycles. The van der Waals surface area contributed by atoms with Gasteiger partial charge in [0.1, 0.15) is 17.2 Å². The summed E-state index contributed by atoms with van der Waals surface area (Å²) in [6.07, 6.45) is 0. The molecule has 1 unspecified atom stereocenters. The maximum atomic E-state index is 5.36. The van der Waals surface area contributed by atoms with E-state index < -0.39 is 0 Å².